The summed E-state index contributed by atoms with van der Waals surface area (Å²) in [7, 11) is 0. The number of halogens is 1. The van der Waals surface area contributed by atoms with Gasteiger partial charge in [0.25, 0.3) is 0 Å². The number of nitrogens with zero attached hydrogens (tertiary/aromatic N) is 1. The number of rotatable bonds is 2. The van der Waals surface area contributed by atoms with Gasteiger partial charge in [-0.3, -0.25) is 4.79 Å². The number of anilines is 1. The molecule has 0 saturated carbocycles. The summed E-state index contributed by atoms with van der Waals surface area (Å²) in [6.07, 6.45) is 0.505. The van der Waals surface area contributed by atoms with Crippen LogP contribution in [-0.4, -0.2) is 25.5 Å². The summed E-state index contributed by atoms with van der Waals surface area (Å²) >= 11 is 6.29. The molecule has 1 fully saturated rings. The van der Waals surface area contributed by atoms with Gasteiger partial charge in [-0.25, -0.2) is 0 Å². The van der Waals surface area contributed by atoms with Gasteiger partial charge < -0.3 is 16.0 Å². The van der Waals surface area contributed by atoms with E-state index in [2.05, 4.69) is 10.2 Å². The Kier molecular flexibility index (Phi) is 4.09. The minimum absolute atomic E-state index is 0.0241. The molecule has 98 valence electrons. The molecule has 1 aliphatic heterocycles. The van der Waals surface area contributed by atoms with Crippen molar-refractivity contribution >= 4 is 23.2 Å². The molecule has 0 bridgehead atoms. The fourth-order valence-electron chi connectivity index (χ4n) is 2.07. The van der Waals surface area contributed by atoms with Crippen LogP contribution in [0, 0.1) is 0 Å². The van der Waals surface area contributed by atoms with E-state index >= 15 is 0 Å². The van der Waals surface area contributed by atoms with Gasteiger partial charge in [0.05, 0.1) is 10.7 Å². The molecule has 1 saturated heterocycles. The predicted octanol–water partition coefficient (Wildman–Crippen LogP) is 1.69. The summed E-state index contributed by atoms with van der Waals surface area (Å²) in [5, 5.41) is 3.54. The van der Waals surface area contributed by atoms with Crippen LogP contribution in [0.3, 0.4) is 0 Å². The molecule has 0 spiro atoms. The molecule has 0 unspecified atom stereocenters. The number of nitrogens with one attached hydrogen (secondary N) is 1. The van der Waals surface area contributed by atoms with Gasteiger partial charge in [0.15, 0.2) is 0 Å². The Bertz CT molecular complexity index is 448. The second kappa shape index (κ2) is 5.59. The second-order valence-corrected chi connectivity index (χ2v) is 4.99. The van der Waals surface area contributed by atoms with Gasteiger partial charge in [-0.1, -0.05) is 17.7 Å². The van der Waals surface area contributed by atoms with E-state index in [1.54, 1.807) is 0 Å². The molecule has 1 aromatic rings. The van der Waals surface area contributed by atoms with Crippen molar-refractivity contribution in [1.29, 1.82) is 0 Å². The molecular weight excluding hydrogens is 250 g/mol. The number of benzene rings is 1. The van der Waals surface area contributed by atoms with Crippen LogP contribution >= 0.6 is 11.6 Å². The summed E-state index contributed by atoms with van der Waals surface area (Å²) in [5.41, 5.74) is 7.82. The Morgan fingerprint density at radius 3 is 2.89 bits per heavy atom. The number of amides is 1. The lowest BCUT2D eigenvalue weighted by molar-refractivity contribution is -0.120. The Morgan fingerprint density at radius 1 is 1.44 bits per heavy atom. The van der Waals surface area contributed by atoms with Crippen LogP contribution in [0.15, 0.2) is 18.2 Å². The van der Waals surface area contributed by atoms with Gasteiger partial charge in [-0.15, -0.1) is 0 Å². The van der Waals surface area contributed by atoms with Crippen molar-refractivity contribution in [3.05, 3.63) is 28.8 Å². The Hall–Kier alpha value is -1.26. The molecule has 5 heteroatoms. The van der Waals surface area contributed by atoms with E-state index in [4.69, 9.17) is 17.3 Å². The average Bonchev–Trinajstić information content (AvgIpc) is 2.54. The molecule has 1 aliphatic rings. The van der Waals surface area contributed by atoms with Crippen LogP contribution in [0.25, 0.3) is 0 Å². The van der Waals surface area contributed by atoms with Crippen molar-refractivity contribution < 1.29 is 4.79 Å². The minimum Gasteiger partial charge on any atom is -0.368 e. The molecule has 1 amide bonds. The molecule has 0 aromatic heterocycles. The monoisotopic (exact) mass is 267 g/mol. The topological polar surface area (TPSA) is 58.4 Å². The zero-order chi connectivity index (χ0) is 13.1. The maximum absolute atomic E-state index is 11.3. The minimum atomic E-state index is -0.0241. The van der Waals surface area contributed by atoms with E-state index in [-0.39, 0.29) is 11.9 Å². The molecule has 0 radical (unpaired) electrons. The first kappa shape index (κ1) is 13.2. The van der Waals surface area contributed by atoms with Crippen LogP contribution in [0.5, 0.6) is 0 Å². The van der Waals surface area contributed by atoms with Crippen LogP contribution in [0.1, 0.15) is 24.9 Å². The SMILES string of the molecule is C[C@@H](N)c1ccc(N2CCNC(=O)CC2)c(Cl)c1. The van der Waals surface area contributed by atoms with E-state index in [0.717, 1.165) is 17.8 Å². The molecule has 18 heavy (non-hydrogen) atoms. The summed E-state index contributed by atoms with van der Waals surface area (Å²) in [4.78, 5) is 13.4. The highest BCUT2D eigenvalue weighted by atomic mass is 35.5. The second-order valence-electron chi connectivity index (χ2n) is 4.59. The zero-order valence-corrected chi connectivity index (χ0v) is 11.2. The van der Waals surface area contributed by atoms with Crippen LogP contribution in [-0.2, 0) is 4.79 Å². The molecule has 0 aliphatic carbocycles. The van der Waals surface area contributed by atoms with E-state index in [9.17, 15) is 4.79 Å². The highest BCUT2D eigenvalue weighted by Crippen LogP contribution is 2.28. The summed E-state index contributed by atoms with van der Waals surface area (Å²) in [6, 6.07) is 5.86. The van der Waals surface area contributed by atoms with E-state index < -0.39 is 0 Å². The van der Waals surface area contributed by atoms with Gasteiger partial charge in [-0.05, 0) is 24.6 Å². The highest BCUT2D eigenvalue weighted by molar-refractivity contribution is 6.33. The first-order valence-corrected chi connectivity index (χ1v) is 6.52. The van der Waals surface area contributed by atoms with Crippen molar-refractivity contribution in [2.24, 2.45) is 5.73 Å². The van der Waals surface area contributed by atoms with Crippen LogP contribution < -0.4 is 16.0 Å². The molecule has 4 nitrogen and oxygen atoms in total. The lowest BCUT2D eigenvalue weighted by Gasteiger charge is -2.23. The van der Waals surface area contributed by atoms with Crippen molar-refractivity contribution in [3.8, 4) is 0 Å². The molecule has 1 heterocycles. The van der Waals surface area contributed by atoms with Crippen molar-refractivity contribution in [2.45, 2.75) is 19.4 Å². The maximum Gasteiger partial charge on any atom is 0.221 e. The lowest BCUT2D eigenvalue weighted by atomic mass is 10.1. The fourth-order valence-corrected chi connectivity index (χ4v) is 2.38. The van der Waals surface area contributed by atoms with Gasteiger partial charge in [0.1, 0.15) is 0 Å². The average molecular weight is 268 g/mol. The molecule has 3 N–H and O–H groups in total. The number of carbonyl (C=O) groups excluding carboxylic acids is 1. The lowest BCUT2D eigenvalue weighted by Crippen LogP contribution is -2.28. The first-order chi connectivity index (χ1) is 8.58. The van der Waals surface area contributed by atoms with Crippen LogP contribution in [0.4, 0.5) is 5.69 Å². The maximum atomic E-state index is 11.3. The van der Waals surface area contributed by atoms with Gasteiger partial charge in [0, 0.05) is 32.1 Å². The smallest absolute Gasteiger partial charge is 0.221 e. The van der Waals surface area contributed by atoms with Gasteiger partial charge >= 0.3 is 0 Å². The third kappa shape index (κ3) is 2.94. The summed E-state index contributed by atoms with van der Waals surface area (Å²) in [6.45, 7) is 4.07. The quantitative estimate of drug-likeness (QED) is 0.857. The van der Waals surface area contributed by atoms with E-state index in [0.29, 0.717) is 24.5 Å². The third-order valence-electron chi connectivity index (χ3n) is 3.15. The zero-order valence-electron chi connectivity index (χ0n) is 10.4. The number of nitrogens with two attached hydrogens (primary N) is 1. The summed E-state index contributed by atoms with van der Waals surface area (Å²) in [5.74, 6) is 0.0980. The molecular formula is C13H18ClN3O. The molecule has 1 aromatic carbocycles. The highest BCUT2D eigenvalue weighted by Gasteiger charge is 2.16. The first-order valence-electron chi connectivity index (χ1n) is 6.14. The largest absolute Gasteiger partial charge is 0.368 e. The molecule has 2 rings (SSSR count). The molecule has 1 atom stereocenters. The van der Waals surface area contributed by atoms with E-state index in [1.807, 2.05) is 25.1 Å². The Morgan fingerprint density at radius 2 is 2.22 bits per heavy atom. The Balaban J connectivity index is 2.20. The normalized spacial score (nSPS) is 18.2. The number of carbonyl (C=O) groups is 1. The number of hydrogen-bond donors (Lipinski definition) is 2. The van der Waals surface area contributed by atoms with Gasteiger partial charge in [-0.2, -0.15) is 0 Å². The third-order valence-corrected chi connectivity index (χ3v) is 3.45. The van der Waals surface area contributed by atoms with E-state index in [1.165, 1.54) is 0 Å². The van der Waals surface area contributed by atoms with Gasteiger partial charge in [0.2, 0.25) is 5.91 Å². The van der Waals surface area contributed by atoms with Crippen molar-refractivity contribution in [3.63, 3.8) is 0 Å². The van der Waals surface area contributed by atoms with Crippen molar-refractivity contribution in [2.75, 3.05) is 24.5 Å². The predicted molar refractivity (Wildman–Crippen MR) is 73.9 cm³/mol. The standard InChI is InChI=1S/C13H18ClN3O/c1-9(15)10-2-3-12(11(14)8-10)17-6-4-13(18)16-5-7-17/h2-3,8-9H,4-7,15H2,1H3,(H,16,18)/t9-/m1/s1. The number of hydrogen-bond acceptors (Lipinski definition) is 3. The van der Waals surface area contributed by atoms with Crippen molar-refractivity contribution in [1.82, 2.24) is 5.32 Å². The summed E-state index contributed by atoms with van der Waals surface area (Å²) < 4.78 is 0. The van der Waals surface area contributed by atoms with Crippen LogP contribution in [0.2, 0.25) is 5.02 Å². The Labute approximate surface area is 112 Å². The fraction of sp³-hybridized carbons (Fsp3) is 0.462.